The van der Waals surface area contributed by atoms with E-state index in [0.717, 1.165) is 60.7 Å². The molecule has 1 amide bonds. The number of aromatic nitrogens is 3. The van der Waals surface area contributed by atoms with Crippen LogP contribution in [0.5, 0.6) is 0 Å². The number of benzene rings is 1. The molecular formula is C24H35N5O. The standard InChI is InChI=1S/C24H35N5O/c1-2-3-4-5-6-11-16-26-21(30)15-8-7-12-17-29-18-27-22-23(29)19-13-9-10-14-20(19)28-24(22)25/h9-10,13-14,18H,2-8,11-12,15-17H2,1H3,(H2,25,28)(H,26,30). The third kappa shape index (κ3) is 5.94. The predicted octanol–water partition coefficient (Wildman–Crippen LogP) is 5.20. The lowest BCUT2D eigenvalue weighted by Gasteiger charge is -2.08. The fourth-order valence-corrected chi connectivity index (χ4v) is 3.94. The SMILES string of the molecule is CCCCCCCCNC(=O)CCCCCn1cnc2c(N)nc3ccccc3c21. The second-order valence-electron chi connectivity index (χ2n) is 8.08. The molecule has 3 aromatic rings. The molecular weight excluding hydrogens is 374 g/mol. The lowest BCUT2D eigenvalue weighted by atomic mass is 10.1. The summed E-state index contributed by atoms with van der Waals surface area (Å²) in [7, 11) is 0. The van der Waals surface area contributed by atoms with Gasteiger partial charge >= 0.3 is 0 Å². The molecule has 1 aromatic carbocycles. The number of pyridine rings is 1. The number of imidazole rings is 1. The monoisotopic (exact) mass is 409 g/mol. The van der Waals surface area contributed by atoms with Gasteiger partial charge in [-0.15, -0.1) is 0 Å². The number of hydrogen-bond acceptors (Lipinski definition) is 4. The first-order valence-electron chi connectivity index (χ1n) is 11.5. The summed E-state index contributed by atoms with van der Waals surface area (Å²) in [6.45, 7) is 3.91. The lowest BCUT2D eigenvalue weighted by molar-refractivity contribution is -0.121. The second kappa shape index (κ2) is 11.5. The smallest absolute Gasteiger partial charge is 0.219 e. The van der Waals surface area contributed by atoms with E-state index in [1.165, 1.54) is 32.1 Å². The third-order valence-electron chi connectivity index (χ3n) is 5.64. The van der Waals surface area contributed by atoms with E-state index in [4.69, 9.17) is 5.73 Å². The van der Waals surface area contributed by atoms with Gasteiger partial charge in [-0.05, 0) is 25.3 Å². The Morgan fingerprint density at radius 3 is 2.67 bits per heavy atom. The molecule has 6 nitrogen and oxygen atoms in total. The van der Waals surface area contributed by atoms with Crippen LogP contribution in [-0.2, 0) is 11.3 Å². The highest BCUT2D eigenvalue weighted by atomic mass is 16.1. The van der Waals surface area contributed by atoms with Crippen LogP contribution < -0.4 is 11.1 Å². The number of nitrogens with one attached hydrogen (secondary N) is 1. The number of carbonyl (C=O) groups is 1. The number of amides is 1. The first-order valence-corrected chi connectivity index (χ1v) is 11.5. The van der Waals surface area contributed by atoms with Gasteiger partial charge in [-0.1, -0.05) is 63.6 Å². The molecule has 0 saturated carbocycles. The fourth-order valence-electron chi connectivity index (χ4n) is 3.94. The van der Waals surface area contributed by atoms with Gasteiger partial charge < -0.3 is 15.6 Å². The van der Waals surface area contributed by atoms with Gasteiger partial charge in [0.2, 0.25) is 5.91 Å². The van der Waals surface area contributed by atoms with E-state index >= 15 is 0 Å². The quantitative estimate of drug-likeness (QED) is 0.380. The molecule has 3 rings (SSSR count). The zero-order valence-corrected chi connectivity index (χ0v) is 18.2. The molecule has 0 fully saturated rings. The molecule has 3 N–H and O–H groups in total. The maximum absolute atomic E-state index is 12.0. The number of carbonyl (C=O) groups excluding carboxylic acids is 1. The minimum Gasteiger partial charge on any atom is -0.382 e. The van der Waals surface area contributed by atoms with E-state index in [9.17, 15) is 4.79 Å². The molecule has 30 heavy (non-hydrogen) atoms. The summed E-state index contributed by atoms with van der Waals surface area (Å²) in [5.41, 5.74) is 8.81. The van der Waals surface area contributed by atoms with Crippen LogP contribution in [-0.4, -0.2) is 27.0 Å². The van der Waals surface area contributed by atoms with Crippen molar-refractivity contribution in [3.8, 4) is 0 Å². The maximum Gasteiger partial charge on any atom is 0.219 e. The number of hydrogen-bond donors (Lipinski definition) is 2. The van der Waals surface area contributed by atoms with Crippen LogP contribution in [0, 0.1) is 0 Å². The van der Waals surface area contributed by atoms with Gasteiger partial charge in [0.05, 0.1) is 17.4 Å². The average Bonchev–Trinajstić information content (AvgIpc) is 3.18. The zero-order valence-electron chi connectivity index (χ0n) is 18.2. The van der Waals surface area contributed by atoms with Gasteiger partial charge in [-0.2, -0.15) is 0 Å². The van der Waals surface area contributed by atoms with Crippen LogP contribution in [0.1, 0.15) is 71.1 Å². The maximum atomic E-state index is 12.0. The topological polar surface area (TPSA) is 85.8 Å². The number of fused-ring (bicyclic) bond motifs is 3. The number of para-hydroxylation sites is 1. The Balaban J connectivity index is 1.38. The van der Waals surface area contributed by atoms with Gasteiger partial charge in [0.1, 0.15) is 5.52 Å². The van der Waals surface area contributed by atoms with Crippen molar-refractivity contribution < 1.29 is 4.79 Å². The van der Waals surface area contributed by atoms with Crippen LogP contribution >= 0.6 is 0 Å². The van der Waals surface area contributed by atoms with E-state index in [2.05, 4.69) is 32.8 Å². The van der Waals surface area contributed by atoms with E-state index in [0.29, 0.717) is 12.2 Å². The summed E-state index contributed by atoms with van der Waals surface area (Å²) >= 11 is 0. The van der Waals surface area contributed by atoms with Gasteiger partial charge in [-0.3, -0.25) is 4.79 Å². The van der Waals surface area contributed by atoms with Gasteiger partial charge in [0, 0.05) is 24.9 Å². The Bertz CT molecular complexity index is 949. The van der Waals surface area contributed by atoms with Crippen molar-refractivity contribution in [2.75, 3.05) is 12.3 Å². The molecule has 0 radical (unpaired) electrons. The van der Waals surface area contributed by atoms with E-state index in [-0.39, 0.29) is 5.91 Å². The molecule has 0 atom stereocenters. The number of anilines is 1. The third-order valence-corrected chi connectivity index (χ3v) is 5.64. The highest BCUT2D eigenvalue weighted by molar-refractivity contribution is 6.06. The van der Waals surface area contributed by atoms with Crippen LogP contribution in [0.15, 0.2) is 30.6 Å². The van der Waals surface area contributed by atoms with Crippen LogP contribution in [0.25, 0.3) is 21.9 Å². The Kier molecular flexibility index (Phi) is 8.48. The van der Waals surface area contributed by atoms with Crippen molar-refractivity contribution in [2.24, 2.45) is 0 Å². The fraction of sp³-hybridized carbons (Fsp3) is 0.542. The highest BCUT2D eigenvalue weighted by Crippen LogP contribution is 2.27. The first-order chi connectivity index (χ1) is 14.7. The second-order valence-corrected chi connectivity index (χ2v) is 8.08. The van der Waals surface area contributed by atoms with E-state index < -0.39 is 0 Å². The molecule has 0 aliphatic carbocycles. The number of nitrogens with two attached hydrogens (primary N) is 1. The lowest BCUT2D eigenvalue weighted by Crippen LogP contribution is -2.23. The Morgan fingerprint density at radius 2 is 1.80 bits per heavy atom. The summed E-state index contributed by atoms with van der Waals surface area (Å²) in [6, 6.07) is 8.03. The summed E-state index contributed by atoms with van der Waals surface area (Å²) in [5, 5.41) is 4.13. The van der Waals surface area contributed by atoms with Crippen molar-refractivity contribution in [3.63, 3.8) is 0 Å². The number of nitrogen functional groups attached to an aromatic ring is 1. The van der Waals surface area contributed by atoms with Crippen LogP contribution in [0.4, 0.5) is 5.82 Å². The molecule has 0 bridgehead atoms. The Hall–Kier alpha value is -2.63. The molecule has 2 aromatic heterocycles. The van der Waals surface area contributed by atoms with Crippen molar-refractivity contribution in [2.45, 2.75) is 77.7 Å². The molecule has 162 valence electrons. The van der Waals surface area contributed by atoms with Gasteiger partial charge in [0.25, 0.3) is 0 Å². The van der Waals surface area contributed by atoms with E-state index in [1.807, 2.05) is 24.5 Å². The predicted molar refractivity (Wildman–Crippen MR) is 124 cm³/mol. The largest absolute Gasteiger partial charge is 0.382 e. The highest BCUT2D eigenvalue weighted by Gasteiger charge is 2.11. The first kappa shape index (κ1) is 22.1. The summed E-state index contributed by atoms with van der Waals surface area (Å²) in [6.07, 6.45) is 12.9. The summed E-state index contributed by atoms with van der Waals surface area (Å²) in [5.74, 6) is 0.658. The Morgan fingerprint density at radius 1 is 1.03 bits per heavy atom. The van der Waals surface area contributed by atoms with Crippen LogP contribution in [0.2, 0.25) is 0 Å². The molecule has 0 saturated heterocycles. The zero-order chi connectivity index (χ0) is 21.2. The van der Waals surface area contributed by atoms with E-state index in [1.54, 1.807) is 0 Å². The molecule has 0 spiro atoms. The average molecular weight is 410 g/mol. The minimum absolute atomic E-state index is 0.182. The Labute approximate surface area is 179 Å². The number of unbranched alkanes of at least 4 members (excludes halogenated alkanes) is 7. The van der Waals surface area contributed by atoms with Crippen molar-refractivity contribution in [1.29, 1.82) is 0 Å². The number of nitrogens with zero attached hydrogens (tertiary/aromatic N) is 3. The van der Waals surface area contributed by atoms with Crippen molar-refractivity contribution in [1.82, 2.24) is 19.9 Å². The molecule has 0 aliphatic rings. The summed E-state index contributed by atoms with van der Waals surface area (Å²) < 4.78 is 2.16. The molecule has 2 heterocycles. The van der Waals surface area contributed by atoms with Crippen LogP contribution in [0.3, 0.4) is 0 Å². The minimum atomic E-state index is 0.182. The van der Waals surface area contributed by atoms with Crippen molar-refractivity contribution >= 4 is 33.7 Å². The summed E-state index contributed by atoms with van der Waals surface area (Å²) in [4.78, 5) is 20.9. The number of aryl methyl sites for hydroxylation is 1. The normalized spacial score (nSPS) is 11.4. The molecule has 0 unspecified atom stereocenters. The number of rotatable bonds is 13. The molecule has 6 heteroatoms. The van der Waals surface area contributed by atoms with Gasteiger partial charge in [0.15, 0.2) is 5.82 Å². The van der Waals surface area contributed by atoms with Crippen molar-refractivity contribution in [3.05, 3.63) is 30.6 Å². The molecule has 0 aliphatic heterocycles. The van der Waals surface area contributed by atoms with Gasteiger partial charge in [-0.25, -0.2) is 9.97 Å².